The molecule has 6 aromatic carbocycles. The molecule has 10 amide bonds. The summed E-state index contributed by atoms with van der Waals surface area (Å²) in [6, 6.07) is 4.09. The number of phenols is 3. The summed E-state index contributed by atoms with van der Waals surface area (Å²) in [4.78, 5) is 152. The number of aromatic hydroxyl groups is 3. The van der Waals surface area contributed by atoms with Crippen molar-refractivity contribution in [1.29, 1.82) is 0 Å². The highest BCUT2D eigenvalue weighted by Gasteiger charge is 2.53. The van der Waals surface area contributed by atoms with Crippen LogP contribution in [0.3, 0.4) is 0 Å². The average molecular weight is 1730 g/mol. The van der Waals surface area contributed by atoms with Gasteiger partial charge in [0, 0.05) is 41.9 Å². The molecule has 0 radical (unpaired) electrons. The van der Waals surface area contributed by atoms with Gasteiger partial charge in [-0.3, -0.25) is 48.5 Å². The molecule has 38 heteroatoms. The number of aliphatic hydroxyl groups excluding tert-OH is 4. The van der Waals surface area contributed by atoms with E-state index in [2.05, 4.69) is 63.8 Å². The molecule has 2 saturated heterocycles. The van der Waals surface area contributed by atoms with Crippen molar-refractivity contribution in [1.82, 2.24) is 63.8 Å². The lowest BCUT2D eigenvalue weighted by Gasteiger charge is -2.54. The number of benzene rings is 6. The van der Waals surface area contributed by atoms with Gasteiger partial charge in [0.25, 0.3) is 5.91 Å². The fourth-order valence-corrected chi connectivity index (χ4v) is 17.9. The lowest BCUT2D eigenvalue weighted by molar-refractivity contribution is -0.275. The van der Waals surface area contributed by atoms with Crippen LogP contribution in [-0.4, -0.2) is 209 Å². The first-order chi connectivity index (χ1) is 58.4. The zero-order valence-corrected chi connectivity index (χ0v) is 68.3. The van der Waals surface area contributed by atoms with E-state index in [-0.39, 0.29) is 117 Å². The average Bonchev–Trinajstić information content (AvgIpc) is 0.757. The molecular formula is C84H96Cl2N12O24. The monoisotopic (exact) mass is 1730 g/mol. The number of amides is 10. The lowest BCUT2D eigenvalue weighted by Crippen LogP contribution is -2.65. The Bertz CT molecular complexity index is 5030. The molecule has 122 heavy (non-hydrogen) atoms. The van der Waals surface area contributed by atoms with Gasteiger partial charge in [-0.1, -0.05) is 62.2 Å². The number of fused-ring (bicyclic) bond motifs is 16. The van der Waals surface area contributed by atoms with Crippen LogP contribution in [0.5, 0.6) is 57.5 Å². The summed E-state index contributed by atoms with van der Waals surface area (Å²) in [5.41, 5.74) is -2.35. The molecule has 14 atom stereocenters. The van der Waals surface area contributed by atoms with Crippen LogP contribution in [0.1, 0.15) is 134 Å². The Morgan fingerprint density at radius 1 is 0.623 bits per heavy atom. The highest BCUT2D eigenvalue weighted by Crippen LogP contribution is 2.55. The van der Waals surface area contributed by atoms with E-state index in [0.717, 1.165) is 86.7 Å². The van der Waals surface area contributed by atoms with E-state index in [1.165, 1.54) is 49.5 Å². The number of carbonyl (C=O) groups excluding carboxylic acids is 10. The standard InChI is InChI=1S/C84H96Cl2N12O24/c1-6-89-16-18-117-57-28-41(10-14-56(57)116-17-15-87-4)75(107)92-61(102)33-51-77(109)94-65-44-29-58(118-54-12-8-39(26-48(54)85)69(103)67(81(113)91-51)97-76(108)50(88-5)19-35(2)3)73(121-83-72(106)71(105)74-60(120-83)34-90-84(115)122-74)59(30-44)119-55-13-9-40(27-49(55)86)70(104)68-82(114)96-66(80(112)93-63-42-21-36-20-37(23-42)24-43(63)22-36)47-31-45(99)32-53(101)62(47)46-25-38(7-11-52(46)100)64(78(110)98-68)95-79(65)111/h7-14,25-32,35-37,42-43,50-51,60,63-72,74,83,87-89,99-101,103-106H,6,15-24,33-34H2,1-5H3,(H,90,115)(H,91,113)(H,93,112)(H,94,109)(H,95,111)(H,96,114)(H,97,108)(H,98,110)(H,92,102,107)/t36?,37?,42?,43?,50-,51+,60-,63?,64-,65-,66+,67-,68+,69-,70-,71-,72-,74-,83+/m1/s1. The van der Waals surface area contributed by atoms with Crippen molar-refractivity contribution in [2.24, 2.45) is 29.6 Å². The molecule has 15 bridgehead atoms. The number of halogens is 2. The Hall–Kier alpha value is -11.3. The molecule has 36 nitrogen and oxygen atoms in total. The number of phenolic OH excluding ortho intramolecular Hbond substituents is 3. The van der Waals surface area contributed by atoms with E-state index in [1.54, 1.807) is 7.05 Å². The molecule has 650 valence electrons. The number of nitrogens with one attached hydrogen (secondary N) is 12. The van der Waals surface area contributed by atoms with E-state index >= 15 is 28.8 Å². The fraction of sp³-hybridized carbons (Fsp3) is 0.452. The van der Waals surface area contributed by atoms with Gasteiger partial charge in [-0.15, -0.1) is 0 Å². The molecule has 0 spiro atoms. The van der Waals surface area contributed by atoms with Gasteiger partial charge in [0.15, 0.2) is 29.1 Å². The van der Waals surface area contributed by atoms with Crippen LogP contribution in [-0.2, 0) is 47.8 Å². The van der Waals surface area contributed by atoms with Crippen LogP contribution in [0.2, 0.25) is 10.0 Å². The third kappa shape index (κ3) is 18.8. The number of alkyl carbamates (subject to hydrolysis) is 1. The van der Waals surface area contributed by atoms with Crippen LogP contribution < -0.4 is 87.5 Å². The smallest absolute Gasteiger partial charge is 0.407 e. The van der Waals surface area contributed by atoms with Crippen molar-refractivity contribution in [2.45, 2.75) is 157 Å². The number of hydrogen-bond acceptors (Lipinski definition) is 27. The summed E-state index contributed by atoms with van der Waals surface area (Å²) in [6.45, 7) is 6.94. The second-order valence-corrected chi connectivity index (χ2v) is 32.9. The Morgan fingerprint density at radius 2 is 1.26 bits per heavy atom. The second-order valence-electron chi connectivity index (χ2n) is 32.1. The fourth-order valence-electron chi connectivity index (χ4n) is 17.4. The van der Waals surface area contributed by atoms with E-state index in [0.29, 0.717) is 31.5 Å². The predicted octanol–water partition coefficient (Wildman–Crippen LogP) is 3.54. The van der Waals surface area contributed by atoms with Gasteiger partial charge in [0.1, 0.15) is 109 Å². The molecule has 0 aromatic heterocycles. The normalized spacial score (nSPS) is 27.4. The molecule has 7 heterocycles. The molecule has 19 N–H and O–H groups in total. The quantitative estimate of drug-likeness (QED) is 0.0458. The first-order valence-electron chi connectivity index (χ1n) is 40.3. The number of carbonyl (C=O) groups is 10. The maximum Gasteiger partial charge on any atom is 0.407 e. The van der Waals surface area contributed by atoms with Crippen LogP contribution in [0, 0.1) is 29.6 Å². The van der Waals surface area contributed by atoms with E-state index in [9.17, 15) is 54.9 Å². The topological polar surface area (TPSA) is 521 Å². The van der Waals surface area contributed by atoms with Crippen molar-refractivity contribution in [3.63, 3.8) is 0 Å². The number of ether oxygens (including phenoxy) is 7. The summed E-state index contributed by atoms with van der Waals surface area (Å²) in [7, 11) is 3.20. The molecule has 17 rings (SSSR count). The third-order valence-corrected chi connectivity index (χ3v) is 23.9. The summed E-state index contributed by atoms with van der Waals surface area (Å²) < 4.78 is 43.4. The SMILES string of the molecule is CCNCCOc1cc(C(=O)NC(=O)C[C@@H]2NC(=O)[C@H](NC(=O)[C@@H](CC(C)C)NC)[C@H](O)c3ccc(c(Cl)c3)Oc3cc4cc(c3O[C@@H]3O[C@@H]5CNC(=O)O[C@H]5[C@H](O)[C@H]3O)Oc3ccc(cc3Cl)[C@@H](O)[C@@H]3NC(=O)[C@H](NC(=O)[C@@H]4NC2=O)c2ccc(O)c(c2)-c2c(O)cc(O)cc2[C@@H](C(=O)NC2C4CC5CC(C4)CC2C5)NC3=O)ccc1OCCNC. The van der Waals surface area contributed by atoms with Gasteiger partial charge in [-0.25, -0.2) is 4.79 Å². The van der Waals surface area contributed by atoms with E-state index in [4.69, 9.17) is 56.4 Å². The lowest BCUT2D eigenvalue weighted by atomic mass is 9.54. The Morgan fingerprint density at radius 3 is 1.92 bits per heavy atom. The summed E-state index contributed by atoms with van der Waals surface area (Å²) in [5.74, 6) is -14.2. The van der Waals surface area contributed by atoms with Crippen LogP contribution in [0.4, 0.5) is 4.79 Å². The number of likely N-dealkylation sites (N-methyl/N-ethyl adjacent to an activating group) is 3. The molecule has 0 unspecified atom stereocenters. The number of aliphatic hydroxyl groups is 4. The van der Waals surface area contributed by atoms with Crippen LogP contribution in [0.25, 0.3) is 11.1 Å². The van der Waals surface area contributed by atoms with Crippen molar-refractivity contribution < 1.29 is 117 Å². The van der Waals surface area contributed by atoms with Crippen molar-refractivity contribution >= 4 is 82.5 Å². The highest BCUT2D eigenvalue weighted by molar-refractivity contribution is 6.32. The van der Waals surface area contributed by atoms with Crippen LogP contribution in [0.15, 0.2) is 97.1 Å². The minimum atomic E-state index is -2.39. The summed E-state index contributed by atoms with van der Waals surface area (Å²) in [6.07, 6.45) is -10.6. The maximum atomic E-state index is 16.6. The molecular weight excluding hydrogens is 1630 g/mol. The van der Waals surface area contributed by atoms with Gasteiger partial charge >= 0.3 is 6.09 Å². The summed E-state index contributed by atoms with van der Waals surface area (Å²) >= 11 is 14.4. The largest absolute Gasteiger partial charge is 0.508 e. The highest BCUT2D eigenvalue weighted by atomic mass is 35.5. The van der Waals surface area contributed by atoms with Crippen LogP contribution >= 0.6 is 23.2 Å². The van der Waals surface area contributed by atoms with Crippen molar-refractivity contribution in [3.05, 3.63) is 140 Å². The van der Waals surface area contributed by atoms with Gasteiger partial charge in [0.2, 0.25) is 59.3 Å². The van der Waals surface area contributed by atoms with Gasteiger partial charge in [-0.2, -0.15) is 0 Å². The first kappa shape index (κ1) is 87.0. The zero-order chi connectivity index (χ0) is 86.8. The minimum absolute atomic E-state index is 0.0630. The number of rotatable bonds is 21. The van der Waals surface area contributed by atoms with E-state index in [1.807, 2.05) is 20.8 Å². The molecule has 4 saturated carbocycles. The number of imide groups is 1. The summed E-state index contributed by atoms with van der Waals surface area (Å²) in [5, 5.41) is 116. The van der Waals surface area contributed by atoms with Gasteiger partial charge in [0.05, 0.1) is 29.1 Å². The van der Waals surface area contributed by atoms with Crippen molar-refractivity contribution in [3.8, 4) is 68.6 Å². The maximum absolute atomic E-state index is 16.6. The zero-order valence-electron chi connectivity index (χ0n) is 66.8. The minimum Gasteiger partial charge on any atom is -0.508 e. The van der Waals surface area contributed by atoms with Crippen molar-refractivity contribution in [2.75, 3.05) is 53.5 Å². The number of hydrogen-bond donors (Lipinski definition) is 19. The third-order valence-electron chi connectivity index (χ3n) is 23.3. The molecule has 4 aliphatic carbocycles. The molecule has 6 fully saturated rings. The molecule has 6 aromatic rings. The first-order valence-corrected chi connectivity index (χ1v) is 41.1. The second kappa shape index (κ2) is 37.2. The van der Waals surface area contributed by atoms with Gasteiger partial charge < -0.3 is 127 Å². The predicted molar refractivity (Wildman–Crippen MR) is 433 cm³/mol. The Labute approximate surface area is 708 Å². The van der Waals surface area contributed by atoms with E-state index < -0.39 is 196 Å². The van der Waals surface area contributed by atoms with Gasteiger partial charge in [-0.05, 0) is 189 Å². The molecule has 7 aliphatic heterocycles. The Kier molecular flexibility index (Phi) is 26.5. The Balaban J connectivity index is 0.940. The molecule has 11 aliphatic rings.